The first-order chi connectivity index (χ1) is 6.54. The van der Waals surface area contributed by atoms with Gasteiger partial charge in [-0.2, -0.15) is 0 Å². The van der Waals surface area contributed by atoms with Gasteiger partial charge in [-0.25, -0.2) is 0 Å². The quantitative estimate of drug-likeness (QED) is 0.617. The zero-order valence-electron chi connectivity index (χ0n) is 10.3. The molecule has 0 aromatic carbocycles. The summed E-state index contributed by atoms with van der Waals surface area (Å²) in [7, 11) is 6.65. The molecule has 0 radical (unpaired) electrons. The molecule has 88 valence electrons. The van der Waals surface area contributed by atoms with E-state index in [0.717, 1.165) is 0 Å². The SMILES string of the molecule is COCC(C)(C)OC.COCCOC. The number of ether oxygens (including phenoxy) is 4. The summed E-state index contributed by atoms with van der Waals surface area (Å²) in [5.41, 5.74) is -0.130. The van der Waals surface area contributed by atoms with E-state index in [-0.39, 0.29) is 5.60 Å². The van der Waals surface area contributed by atoms with Gasteiger partial charge in [0.15, 0.2) is 0 Å². The normalized spacial score (nSPS) is 10.7. The van der Waals surface area contributed by atoms with Crippen molar-refractivity contribution in [2.75, 3.05) is 48.3 Å². The molecule has 0 fully saturated rings. The topological polar surface area (TPSA) is 36.9 Å². The summed E-state index contributed by atoms with van der Waals surface area (Å²) in [6.45, 7) is 5.99. The fraction of sp³-hybridized carbons (Fsp3) is 1.00. The van der Waals surface area contributed by atoms with Gasteiger partial charge in [0.05, 0.1) is 25.4 Å². The first-order valence-electron chi connectivity index (χ1n) is 4.56. The molecular formula is C10H24O4. The highest BCUT2D eigenvalue weighted by atomic mass is 16.5. The zero-order chi connectivity index (χ0) is 11.4. The predicted molar refractivity (Wildman–Crippen MR) is 56.7 cm³/mol. The lowest BCUT2D eigenvalue weighted by atomic mass is 10.2. The lowest BCUT2D eigenvalue weighted by Gasteiger charge is -2.20. The molecule has 0 atom stereocenters. The van der Waals surface area contributed by atoms with Crippen molar-refractivity contribution in [2.24, 2.45) is 0 Å². The van der Waals surface area contributed by atoms with Crippen LogP contribution in [0.4, 0.5) is 0 Å². The molecule has 0 saturated heterocycles. The summed E-state index contributed by atoms with van der Waals surface area (Å²) in [5, 5.41) is 0. The Morgan fingerprint density at radius 1 is 0.786 bits per heavy atom. The highest BCUT2D eigenvalue weighted by molar-refractivity contribution is 4.64. The summed E-state index contributed by atoms with van der Waals surface area (Å²) in [6.07, 6.45) is 0. The summed E-state index contributed by atoms with van der Waals surface area (Å²) in [4.78, 5) is 0. The standard InChI is InChI=1S/C6H14O2.C4H10O2/c1-6(2,8-4)5-7-3;1-5-3-4-6-2/h5H2,1-4H3;3-4H2,1-2H3. The van der Waals surface area contributed by atoms with Crippen LogP contribution < -0.4 is 0 Å². The van der Waals surface area contributed by atoms with E-state index in [4.69, 9.17) is 9.47 Å². The van der Waals surface area contributed by atoms with Crippen LogP contribution in [-0.2, 0) is 18.9 Å². The van der Waals surface area contributed by atoms with E-state index < -0.39 is 0 Å². The molecule has 4 nitrogen and oxygen atoms in total. The van der Waals surface area contributed by atoms with E-state index in [1.807, 2.05) is 13.8 Å². The van der Waals surface area contributed by atoms with Crippen molar-refractivity contribution in [1.82, 2.24) is 0 Å². The van der Waals surface area contributed by atoms with Crippen molar-refractivity contribution in [2.45, 2.75) is 19.4 Å². The average molecular weight is 208 g/mol. The van der Waals surface area contributed by atoms with Crippen LogP contribution in [0.5, 0.6) is 0 Å². The number of hydrogen-bond acceptors (Lipinski definition) is 4. The second kappa shape index (κ2) is 10.9. The van der Waals surface area contributed by atoms with Gasteiger partial charge in [-0.15, -0.1) is 0 Å². The van der Waals surface area contributed by atoms with Crippen LogP contribution in [0.3, 0.4) is 0 Å². The Labute approximate surface area is 87.5 Å². The molecular weight excluding hydrogens is 184 g/mol. The Morgan fingerprint density at radius 3 is 1.36 bits per heavy atom. The minimum absolute atomic E-state index is 0.130. The second-order valence-electron chi connectivity index (χ2n) is 3.38. The van der Waals surface area contributed by atoms with Gasteiger partial charge in [-0.05, 0) is 13.8 Å². The molecule has 0 amide bonds. The van der Waals surface area contributed by atoms with E-state index in [9.17, 15) is 0 Å². The Morgan fingerprint density at radius 2 is 1.21 bits per heavy atom. The van der Waals surface area contributed by atoms with Gasteiger partial charge >= 0.3 is 0 Å². The van der Waals surface area contributed by atoms with Crippen LogP contribution in [-0.4, -0.2) is 53.9 Å². The van der Waals surface area contributed by atoms with Gasteiger partial charge < -0.3 is 18.9 Å². The minimum atomic E-state index is -0.130. The first kappa shape index (κ1) is 16.3. The summed E-state index contributed by atoms with van der Waals surface area (Å²) >= 11 is 0. The highest BCUT2D eigenvalue weighted by Crippen LogP contribution is 2.05. The Balaban J connectivity index is 0. The van der Waals surface area contributed by atoms with Crippen molar-refractivity contribution in [3.05, 3.63) is 0 Å². The van der Waals surface area contributed by atoms with Crippen molar-refractivity contribution >= 4 is 0 Å². The largest absolute Gasteiger partial charge is 0.382 e. The number of rotatable bonds is 6. The minimum Gasteiger partial charge on any atom is -0.382 e. The van der Waals surface area contributed by atoms with Crippen molar-refractivity contribution in [3.8, 4) is 0 Å². The molecule has 14 heavy (non-hydrogen) atoms. The molecule has 0 spiro atoms. The Kier molecular flexibility index (Phi) is 12.7. The van der Waals surface area contributed by atoms with Crippen molar-refractivity contribution in [1.29, 1.82) is 0 Å². The third-order valence-electron chi connectivity index (χ3n) is 1.54. The van der Waals surface area contributed by atoms with Crippen LogP contribution in [0.15, 0.2) is 0 Å². The molecule has 0 bridgehead atoms. The molecule has 0 N–H and O–H groups in total. The molecule has 0 aliphatic rings. The monoisotopic (exact) mass is 208 g/mol. The molecule has 0 aliphatic carbocycles. The predicted octanol–water partition coefficient (Wildman–Crippen LogP) is 1.34. The van der Waals surface area contributed by atoms with E-state index >= 15 is 0 Å². The van der Waals surface area contributed by atoms with Gasteiger partial charge in [-0.1, -0.05) is 0 Å². The van der Waals surface area contributed by atoms with Crippen LogP contribution in [0, 0.1) is 0 Å². The molecule has 0 aromatic heterocycles. The molecule has 0 saturated carbocycles. The van der Waals surface area contributed by atoms with Gasteiger partial charge in [0.1, 0.15) is 0 Å². The van der Waals surface area contributed by atoms with Crippen LogP contribution in [0.25, 0.3) is 0 Å². The Bertz CT molecular complexity index is 100. The molecule has 0 aromatic rings. The maximum atomic E-state index is 5.05. The van der Waals surface area contributed by atoms with Crippen LogP contribution >= 0.6 is 0 Å². The zero-order valence-corrected chi connectivity index (χ0v) is 10.3. The smallest absolute Gasteiger partial charge is 0.0855 e. The molecule has 0 rings (SSSR count). The van der Waals surface area contributed by atoms with E-state index in [1.165, 1.54) is 0 Å². The fourth-order valence-electron chi connectivity index (χ4n) is 0.573. The van der Waals surface area contributed by atoms with Gasteiger partial charge in [-0.3, -0.25) is 0 Å². The van der Waals surface area contributed by atoms with E-state index in [2.05, 4.69) is 9.47 Å². The summed E-state index contributed by atoms with van der Waals surface area (Å²) < 4.78 is 19.2. The van der Waals surface area contributed by atoms with Crippen molar-refractivity contribution < 1.29 is 18.9 Å². The number of hydrogen-bond donors (Lipinski definition) is 0. The second-order valence-corrected chi connectivity index (χ2v) is 3.38. The van der Waals surface area contributed by atoms with Crippen LogP contribution in [0.2, 0.25) is 0 Å². The first-order valence-corrected chi connectivity index (χ1v) is 4.56. The van der Waals surface area contributed by atoms with Gasteiger partial charge in [0.2, 0.25) is 0 Å². The molecule has 0 aliphatic heterocycles. The third-order valence-corrected chi connectivity index (χ3v) is 1.54. The maximum absolute atomic E-state index is 5.05. The van der Waals surface area contributed by atoms with Gasteiger partial charge in [0.25, 0.3) is 0 Å². The summed E-state index contributed by atoms with van der Waals surface area (Å²) in [6, 6.07) is 0. The molecule has 0 unspecified atom stereocenters. The summed E-state index contributed by atoms with van der Waals surface area (Å²) in [5.74, 6) is 0. The Hall–Kier alpha value is -0.160. The van der Waals surface area contributed by atoms with Gasteiger partial charge in [0, 0.05) is 28.4 Å². The fourth-order valence-corrected chi connectivity index (χ4v) is 0.573. The average Bonchev–Trinajstić information content (AvgIpc) is 2.16. The highest BCUT2D eigenvalue weighted by Gasteiger charge is 2.14. The molecule has 4 heteroatoms. The van der Waals surface area contributed by atoms with Crippen molar-refractivity contribution in [3.63, 3.8) is 0 Å². The maximum Gasteiger partial charge on any atom is 0.0855 e. The lowest BCUT2D eigenvalue weighted by Crippen LogP contribution is -2.28. The van der Waals surface area contributed by atoms with E-state index in [0.29, 0.717) is 19.8 Å². The number of methoxy groups -OCH3 is 4. The van der Waals surface area contributed by atoms with E-state index in [1.54, 1.807) is 28.4 Å². The van der Waals surface area contributed by atoms with Crippen LogP contribution in [0.1, 0.15) is 13.8 Å². The molecule has 0 heterocycles. The third kappa shape index (κ3) is 14.4. The lowest BCUT2D eigenvalue weighted by molar-refractivity contribution is -0.0370.